The van der Waals surface area contributed by atoms with Gasteiger partial charge in [-0.1, -0.05) is 51.1 Å². The Labute approximate surface area is 181 Å². The molecule has 1 saturated heterocycles. The Morgan fingerprint density at radius 1 is 1.03 bits per heavy atom. The van der Waals surface area contributed by atoms with Crippen molar-refractivity contribution in [1.82, 2.24) is 5.32 Å². The maximum absolute atomic E-state index is 12.5. The average Bonchev–Trinajstić information content (AvgIpc) is 2.74. The van der Waals surface area contributed by atoms with Crippen LogP contribution < -0.4 is 20.0 Å². The van der Waals surface area contributed by atoms with Gasteiger partial charge in [0.15, 0.2) is 0 Å². The molecule has 2 aromatic carbocycles. The Morgan fingerprint density at radius 2 is 1.63 bits per heavy atom. The van der Waals surface area contributed by atoms with Crippen LogP contribution in [0.5, 0.6) is 0 Å². The number of nitrogens with zero attached hydrogens (tertiary/aromatic N) is 2. The van der Waals surface area contributed by atoms with Crippen LogP contribution in [0.1, 0.15) is 32.4 Å². The van der Waals surface area contributed by atoms with E-state index in [0.717, 1.165) is 26.2 Å². The van der Waals surface area contributed by atoms with Crippen molar-refractivity contribution in [3.05, 3.63) is 60.2 Å². The van der Waals surface area contributed by atoms with Gasteiger partial charge >= 0.3 is 0 Å². The van der Waals surface area contributed by atoms with Gasteiger partial charge in [-0.25, -0.2) is 0 Å². The quantitative estimate of drug-likeness (QED) is 0.770. The number of piperazine rings is 1. The Hall–Kier alpha value is -2.53. The molecule has 1 heterocycles. The number of quaternary nitrogens is 1. The summed E-state index contributed by atoms with van der Waals surface area (Å²) in [6, 6.07) is 19.7. The lowest BCUT2D eigenvalue weighted by molar-refractivity contribution is -0.931. The molecular weight excluding hydrogens is 372 g/mol. The largest absolute Gasteiger partial charge is 0.378 e. The minimum absolute atomic E-state index is 0.111. The third-order valence-electron chi connectivity index (χ3n) is 5.98. The Morgan fingerprint density at radius 3 is 2.17 bits per heavy atom. The molecule has 1 atom stereocenters. The molecule has 5 nitrogen and oxygen atoms in total. The fourth-order valence-corrected chi connectivity index (χ4v) is 4.00. The van der Waals surface area contributed by atoms with E-state index in [2.05, 4.69) is 83.8 Å². The number of amides is 1. The van der Waals surface area contributed by atoms with Crippen molar-refractivity contribution in [3.8, 4) is 0 Å². The average molecular weight is 410 g/mol. The molecule has 5 heteroatoms. The molecule has 3 rings (SSSR count). The number of hydrogen-bond donors (Lipinski definition) is 2. The molecule has 0 saturated carbocycles. The predicted octanol–water partition coefficient (Wildman–Crippen LogP) is 2.36. The monoisotopic (exact) mass is 409 g/mol. The summed E-state index contributed by atoms with van der Waals surface area (Å²) in [5.74, 6) is 0.111. The Bertz CT molecular complexity index is 803. The highest BCUT2D eigenvalue weighted by molar-refractivity contribution is 5.81. The SMILES string of the molecule is CN(C)c1ccc([C@H](CNC(=O)C(C)(C)C)[NH+]2CCN(c3ccccc3)CC2)cc1. The second-order valence-electron chi connectivity index (χ2n) is 9.48. The van der Waals surface area contributed by atoms with Crippen LogP contribution in [0.2, 0.25) is 0 Å². The summed E-state index contributed by atoms with van der Waals surface area (Å²) in [6.45, 7) is 10.7. The first-order valence-corrected chi connectivity index (χ1v) is 11.0. The fourth-order valence-electron chi connectivity index (χ4n) is 4.00. The highest BCUT2D eigenvalue weighted by Crippen LogP contribution is 2.19. The van der Waals surface area contributed by atoms with Crippen molar-refractivity contribution in [2.24, 2.45) is 5.41 Å². The van der Waals surface area contributed by atoms with Gasteiger partial charge in [-0.3, -0.25) is 4.79 Å². The fraction of sp³-hybridized carbons (Fsp3) is 0.480. The topological polar surface area (TPSA) is 40.0 Å². The summed E-state index contributed by atoms with van der Waals surface area (Å²) in [5.41, 5.74) is 3.41. The van der Waals surface area contributed by atoms with Gasteiger partial charge in [-0.15, -0.1) is 0 Å². The van der Waals surface area contributed by atoms with Crippen LogP contribution in [-0.2, 0) is 4.79 Å². The number of nitrogens with one attached hydrogen (secondary N) is 2. The van der Waals surface area contributed by atoms with Crippen LogP contribution in [0.15, 0.2) is 54.6 Å². The van der Waals surface area contributed by atoms with Crippen LogP contribution >= 0.6 is 0 Å². The first-order chi connectivity index (χ1) is 14.3. The predicted molar refractivity (Wildman–Crippen MR) is 125 cm³/mol. The van der Waals surface area contributed by atoms with E-state index in [0.29, 0.717) is 6.54 Å². The molecule has 0 aromatic heterocycles. The molecule has 1 aliphatic rings. The number of rotatable bonds is 6. The van der Waals surface area contributed by atoms with Crippen LogP contribution in [-0.4, -0.2) is 52.7 Å². The highest BCUT2D eigenvalue weighted by atomic mass is 16.2. The third-order valence-corrected chi connectivity index (χ3v) is 5.98. The summed E-state index contributed by atoms with van der Waals surface area (Å²) < 4.78 is 0. The minimum Gasteiger partial charge on any atom is -0.378 e. The molecule has 0 spiro atoms. The smallest absolute Gasteiger partial charge is 0.225 e. The number of carbonyl (C=O) groups excluding carboxylic acids is 1. The number of benzene rings is 2. The minimum atomic E-state index is -0.374. The van der Waals surface area contributed by atoms with E-state index >= 15 is 0 Å². The molecule has 2 N–H and O–H groups in total. The number of anilines is 2. The van der Waals surface area contributed by atoms with Crippen molar-refractivity contribution in [3.63, 3.8) is 0 Å². The van der Waals surface area contributed by atoms with Gasteiger partial charge in [0, 0.05) is 36.4 Å². The van der Waals surface area contributed by atoms with Gasteiger partial charge in [0.2, 0.25) is 5.91 Å². The molecule has 2 aromatic rings. The first-order valence-electron chi connectivity index (χ1n) is 11.0. The summed E-state index contributed by atoms with van der Waals surface area (Å²) >= 11 is 0. The van der Waals surface area contributed by atoms with E-state index in [-0.39, 0.29) is 17.4 Å². The van der Waals surface area contributed by atoms with E-state index in [9.17, 15) is 4.79 Å². The van der Waals surface area contributed by atoms with Crippen molar-refractivity contribution in [1.29, 1.82) is 0 Å². The molecule has 0 radical (unpaired) electrons. The van der Waals surface area contributed by atoms with Crippen molar-refractivity contribution in [2.75, 3.05) is 56.6 Å². The standard InChI is InChI=1S/C25H36N4O/c1-25(2,3)24(30)26-19-23(20-11-13-21(14-12-20)27(4)5)29-17-15-28(16-18-29)22-9-7-6-8-10-22/h6-14,23H,15-19H2,1-5H3,(H,26,30)/p+1/t23-/m0/s1. The normalized spacial score (nSPS) is 16.2. The van der Waals surface area contributed by atoms with Crippen LogP contribution in [0.4, 0.5) is 11.4 Å². The second kappa shape index (κ2) is 9.52. The third kappa shape index (κ3) is 5.54. The van der Waals surface area contributed by atoms with Gasteiger partial charge < -0.3 is 20.0 Å². The lowest BCUT2D eigenvalue weighted by Crippen LogP contribution is -3.15. The maximum atomic E-state index is 12.5. The lowest BCUT2D eigenvalue weighted by Gasteiger charge is -2.38. The van der Waals surface area contributed by atoms with Gasteiger partial charge in [-0.05, 0) is 24.3 Å². The van der Waals surface area contributed by atoms with Crippen molar-refractivity contribution in [2.45, 2.75) is 26.8 Å². The number of carbonyl (C=O) groups is 1. The first kappa shape index (κ1) is 22.2. The summed E-state index contributed by atoms with van der Waals surface area (Å²) in [7, 11) is 4.12. The molecule has 1 amide bonds. The Kier molecular flexibility index (Phi) is 7.03. The summed E-state index contributed by atoms with van der Waals surface area (Å²) in [5, 5.41) is 3.21. The van der Waals surface area contributed by atoms with E-state index in [1.165, 1.54) is 21.8 Å². The van der Waals surface area contributed by atoms with Gasteiger partial charge in [0.25, 0.3) is 0 Å². The Balaban J connectivity index is 1.73. The molecule has 0 unspecified atom stereocenters. The highest BCUT2D eigenvalue weighted by Gasteiger charge is 2.30. The van der Waals surface area contributed by atoms with E-state index < -0.39 is 0 Å². The zero-order valence-corrected chi connectivity index (χ0v) is 19.1. The lowest BCUT2D eigenvalue weighted by atomic mass is 9.95. The van der Waals surface area contributed by atoms with E-state index in [4.69, 9.17) is 0 Å². The van der Waals surface area contributed by atoms with Crippen LogP contribution in [0, 0.1) is 5.41 Å². The van der Waals surface area contributed by atoms with Gasteiger partial charge in [0.05, 0.1) is 32.7 Å². The van der Waals surface area contributed by atoms with Gasteiger partial charge in [0.1, 0.15) is 6.04 Å². The van der Waals surface area contributed by atoms with Crippen molar-refractivity contribution < 1.29 is 9.69 Å². The number of hydrogen-bond acceptors (Lipinski definition) is 3. The van der Waals surface area contributed by atoms with Crippen molar-refractivity contribution >= 4 is 17.3 Å². The zero-order chi connectivity index (χ0) is 21.7. The molecule has 1 fully saturated rings. The maximum Gasteiger partial charge on any atom is 0.225 e. The summed E-state index contributed by atoms with van der Waals surface area (Å²) in [6.07, 6.45) is 0. The molecule has 162 valence electrons. The summed E-state index contributed by atoms with van der Waals surface area (Å²) in [4.78, 5) is 18.6. The van der Waals surface area contributed by atoms with E-state index in [1.807, 2.05) is 20.8 Å². The molecule has 30 heavy (non-hydrogen) atoms. The molecule has 0 bridgehead atoms. The second-order valence-corrected chi connectivity index (χ2v) is 9.48. The van der Waals surface area contributed by atoms with Crippen LogP contribution in [0.25, 0.3) is 0 Å². The van der Waals surface area contributed by atoms with E-state index in [1.54, 1.807) is 0 Å². The number of para-hydroxylation sites is 1. The van der Waals surface area contributed by atoms with Crippen LogP contribution in [0.3, 0.4) is 0 Å². The molecular formula is C25H37N4O+. The molecule has 0 aliphatic carbocycles. The molecule has 1 aliphatic heterocycles. The zero-order valence-electron chi connectivity index (χ0n) is 19.1. The van der Waals surface area contributed by atoms with Gasteiger partial charge in [-0.2, -0.15) is 0 Å².